The first kappa shape index (κ1) is 48.6. The highest BCUT2D eigenvalue weighted by atomic mass is 14.9. The van der Waals surface area contributed by atoms with E-state index in [0.717, 1.165) is 133 Å². The summed E-state index contributed by atoms with van der Waals surface area (Å²) < 4.78 is 0. The van der Waals surface area contributed by atoms with Crippen LogP contribution in [0, 0.1) is 0 Å². The average Bonchev–Trinajstić information content (AvgIpc) is 2.92. The van der Waals surface area contributed by atoms with Gasteiger partial charge in [-0.3, -0.25) is 9.97 Å². The Morgan fingerprint density at radius 2 is 0.488 bits per heavy atom. The lowest BCUT2D eigenvalue weighted by Gasteiger charge is -2.14. The summed E-state index contributed by atoms with van der Waals surface area (Å²) in [6.07, 6.45) is 3.71. The van der Waals surface area contributed by atoms with Crippen molar-refractivity contribution < 1.29 is 0 Å². The smallest absolute Gasteiger partial charge is 0.161 e. The molecule has 16 aromatic rings. The number of nitrogens with zero attached hydrogens (tertiary/aromatic N) is 6. The number of para-hydroxylation sites is 2. The van der Waals surface area contributed by atoms with Gasteiger partial charge in [-0.25, -0.2) is 19.9 Å². The monoisotopic (exact) mass is 1070 g/mol. The van der Waals surface area contributed by atoms with E-state index in [1.165, 1.54) is 21.5 Å². The van der Waals surface area contributed by atoms with Crippen molar-refractivity contribution in [1.82, 2.24) is 29.9 Å². The Bertz CT molecular complexity index is 4890. The van der Waals surface area contributed by atoms with E-state index in [-0.39, 0.29) is 0 Å². The molecule has 16 rings (SSSR count). The van der Waals surface area contributed by atoms with Crippen molar-refractivity contribution in [2.75, 3.05) is 0 Å². The first-order valence-corrected chi connectivity index (χ1v) is 28.3. The summed E-state index contributed by atoms with van der Waals surface area (Å²) in [6.45, 7) is 0. The largest absolute Gasteiger partial charge is 0.256 e. The minimum atomic E-state index is 0.673. The normalized spacial score (nSPS) is 11.6. The van der Waals surface area contributed by atoms with Gasteiger partial charge in [-0.15, -0.1) is 0 Å². The molecule has 0 atom stereocenters. The van der Waals surface area contributed by atoms with Crippen molar-refractivity contribution in [1.29, 1.82) is 0 Å². The summed E-state index contributed by atoms with van der Waals surface area (Å²) in [5.74, 6) is 1.35. The van der Waals surface area contributed by atoms with Crippen molar-refractivity contribution in [2.45, 2.75) is 0 Å². The zero-order chi connectivity index (χ0) is 55.5. The second-order valence-electron chi connectivity index (χ2n) is 21.4. The third-order valence-electron chi connectivity index (χ3n) is 16.4. The molecule has 0 fully saturated rings. The van der Waals surface area contributed by atoms with Crippen LogP contribution in [0.2, 0.25) is 0 Å². The molecule has 0 spiro atoms. The molecule has 0 amide bonds. The van der Waals surface area contributed by atoms with Crippen molar-refractivity contribution >= 4 is 64.9 Å². The summed E-state index contributed by atoms with van der Waals surface area (Å²) in [4.78, 5) is 31.0. The summed E-state index contributed by atoms with van der Waals surface area (Å²) in [5, 5.41) is 11.5. The molecular formula is C78H48N6. The second kappa shape index (κ2) is 20.3. The summed E-state index contributed by atoms with van der Waals surface area (Å²) in [7, 11) is 0. The minimum Gasteiger partial charge on any atom is -0.256 e. The maximum absolute atomic E-state index is 5.39. The van der Waals surface area contributed by atoms with E-state index in [1.807, 2.05) is 24.5 Å². The molecule has 0 bridgehead atoms. The van der Waals surface area contributed by atoms with E-state index < -0.39 is 0 Å². The molecule has 0 aliphatic rings. The van der Waals surface area contributed by atoms with E-state index in [2.05, 4.69) is 267 Å². The predicted octanol–water partition coefficient (Wildman–Crippen LogP) is 20.0. The van der Waals surface area contributed by atoms with Gasteiger partial charge in [0.15, 0.2) is 11.6 Å². The quantitative estimate of drug-likeness (QED) is 0.134. The number of hydrogen-bond acceptors (Lipinski definition) is 6. The molecule has 0 aliphatic heterocycles. The Kier molecular flexibility index (Phi) is 11.8. The molecule has 0 radical (unpaired) electrons. The fourth-order valence-electron chi connectivity index (χ4n) is 12.2. The van der Waals surface area contributed by atoms with Crippen LogP contribution in [-0.2, 0) is 0 Å². The van der Waals surface area contributed by atoms with Gasteiger partial charge in [0.1, 0.15) is 0 Å². The van der Waals surface area contributed by atoms with Gasteiger partial charge in [-0.1, -0.05) is 243 Å². The van der Waals surface area contributed by atoms with Crippen LogP contribution in [-0.4, -0.2) is 29.9 Å². The second-order valence-corrected chi connectivity index (χ2v) is 21.4. The zero-order valence-corrected chi connectivity index (χ0v) is 45.4. The van der Waals surface area contributed by atoms with Crippen LogP contribution in [0.1, 0.15) is 0 Å². The van der Waals surface area contributed by atoms with Crippen molar-refractivity contribution in [3.05, 3.63) is 291 Å². The molecule has 12 aromatic carbocycles. The van der Waals surface area contributed by atoms with Gasteiger partial charge >= 0.3 is 0 Å². The first-order chi connectivity index (χ1) is 41.6. The molecule has 0 aliphatic carbocycles. The maximum atomic E-state index is 5.39. The lowest BCUT2D eigenvalue weighted by Crippen LogP contribution is -1.97. The molecule has 390 valence electrons. The fourth-order valence-corrected chi connectivity index (χ4v) is 12.2. The van der Waals surface area contributed by atoms with Crippen molar-refractivity contribution in [3.8, 4) is 101 Å². The van der Waals surface area contributed by atoms with Gasteiger partial charge in [-0.05, 0) is 102 Å². The molecule has 4 heterocycles. The molecule has 0 unspecified atom stereocenters. The minimum absolute atomic E-state index is 0.673. The highest BCUT2D eigenvalue weighted by Crippen LogP contribution is 2.40. The van der Waals surface area contributed by atoms with Crippen molar-refractivity contribution in [2.24, 2.45) is 0 Å². The van der Waals surface area contributed by atoms with Crippen LogP contribution < -0.4 is 0 Å². The predicted molar refractivity (Wildman–Crippen MR) is 347 cm³/mol. The lowest BCUT2D eigenvalue weighted by molar-refractivity contribution is 1.19. The van der Waals surface area contributed by atoms with Crippen LogP contribution >= 0.6 is 0 Å². The van der Waals surface area contributed by atoms with Crippen molar-refractivity contribution in [3.63, 3.8) is 0 Å². The van der Waals surface area contributed by atoms with E-state index in [1.54, 1.807) is 0 Å². The summed E-state index contributed by atoms with van der Waals surface area (Å²) in [5.41, 5.74) is 17.9. The standard InChI is InChI=1S/C78H48N6/c1-3-19-61-59(13-1)45-69(67-23-7-5-21-65(61)67)77-81-71(47-73(83-77)55-39-31-51(32-40-55)63-25-9-15-57-17-11-43-79-75(57)63)53-35-27-49(28-36-53)50-29-37-54(38-30-50)72-48-74(56-41-33-52(34-42-56)64-26-10-16-58-18-12-44-80-76(58)64)84-78(82-72)70-46-60-14-2-4-20-62(60)66-22-6-8-24-68(66)70/h1-48H. The summed E-state index contributed by atoms with van der Waals surface area (Å²) >= 11 is 0. The van der Waals surface area contributed by atoms with Crippen LogP contribution in [0.4, 0.5) is 0 Å². The van der Waals surface area contributed by atoms with Crippen LogP contribution in [0.25, 0.3) is 166 Å². The van der Waals surface area contributed by atoms with Gasteiger partial charge in [-0.2, -0.15) is 0 Å². The highest BCUT2D eigenvalue weighted by molar-refractivity contribution is 6.14. The number of fused-ring (bicyclic) bond motifs is 8. The molecule has 6 nitrogen and oxygen atoms in total. The zero-order valence-electron chi connectivity index (χ0n) is 45.4. The number of benzene rings is 12. The Morgan fingerprint density at radius 1 is 0.190 bits per heavy atom. The number of aromatic nitrogens is 6. The highest BCUT2D eigenvalue weighted by Gasteiger charge is 2.19. The Hall–Kier alpha value is -11.3. The van der Waals surface area contributed by atoms with E-state index in [9.17, 15) is 0 Å². The molecular weight excluding hydrogens is 1020 g/mol. The number of hydrogen-bond donors (Lipinski definition) is 0. The third kappa shape index (κ3) is 8.69. The molecule has 0 N–H and O–H groups in total. The van der Waals surface area contributed by atoms with Crippen LogP contribution in [0.5, 0.6) is 0 Å². The van der Waals surface area contributed by atoms with Crippen LogP contribution in [0.15, 0.2) is 291 Å². The molecule has 0 saturated heterocycles. The molecule has 0 saturated carbocycles. The molecule has 4 aromatic heterocycles. The fraction of sp³-hybridized carbons (Fsp3) is 0. The SMILES string of the molecule is c1cnc2c(-c3ccc(-c4cc(-c5ccc(-c6ccc(-c7cc(-c8ccc(-c9cccc%10cccnc9%10)cc8)nc(-c8cc9ccccc9c9ccccc89)n7)cc6)cc5)nc(-c5cc6ccccc6c6ccccc56)n4)cc3)cccc2c1. The first-order valence-electron chi connectivity index (χ1n) is 28.3. The van der Waals surface area contributed by atoms with Gasteiger partial charge in [0.2, 0.25) is 0 Å². The van der Waals surface area contributed by atoms with Gasteiger partial charge in [0.05, 0.1) is 33.8 Å². The molecule has 6 heteroatoms. The third-order valence-corrected chi connectivity index (χ3v) is 16.4. The van der Waals surface area contributed by atoms with E-state index in [4.69, 9.17) is 29.9 Å². The lowest BCUT2D eigenvalue weighted by atomic mass is 9.96. The topological polar surface area (TPSA) is 77.3 Å². The average molecular weight is 1070 g/mol. The van der Waals surface area contributed by atoms with Gasteiger partial charge in [0, 0.05) is 67.7 Å². The number of rotatable bonds is 9. The Labute approximate surface area is 484 Å². The van der Waals surface area contributed by atoms with Crippen LogP contribution in [0.3, 0.4) is 0 Å². The Balaban J connectivity index is 0.766. The van der Waals surface area contributed by atoms with Gasteiger partial charge < -0.3 is 0 Å². The maximum Gasteiger partial charge on any atom is 0.161 e. The van der Waals surface area contributed by atoms with E-state index in [0.29, 0.717) is 11.6 Å². The molecule has 84 heavy (non-hydrogen) atoms. The summed E-state index contributed by atoms with van der Waals surface area (Å²) in [6, 6.07) is 98.6. The number of pyridine rings is 2. The van der Waals surface area contributed by atoms with E-state index >= 15 is 0 Å². The Morgan fingerprint density at radius 3 is 0.869 bits per heavy atom. The van der Waals surface area contributed by atoms with Gasteiger partial charge in [0.25, 0.3) is 0 Å².